The lowest BCUT2D eigenvalue weighted by Crippen LogP contribution is -2.49. The van der Waals surface area contributed by atoms with Crippen LogP contribution in [0.4, 0.5) is 17.1 Å². The molecule has 0 saturated carbocycles. The number of carbonyl (C=O) groups is 2. The molecule has 0 bridgehead atoms. The first-order valence-corrected chi connectivity index (χ1v) is 22.9. The van der Waals surface area contributed by atoms with E-state index in [-0.39, 0.29) is 30.6 Å². The molecular formula is C42H54N6O7Si. The summed E-state index contributed by atoms with van der Waals surface area (Å²) in [6, 6.07) is 20.9. The van der Waals surface area contributed by atoms with Gasteiger partial charge in [0.25, 0.3) is 5.91 Å². The summed E-state index contributed by atoms with van der Waals surface area (Å²) >= 11 is 0. The number of carbonyl (C=O) groups excluding carboxylic acids is 2. The van der Waals surface area contributed by atoms with Crippen LogP contribution in [0.2, 0.25) is 18.6 Å². The third-order valence-electron chi connectivity index (χ3n) is 11.5. The summed E-state index contributed by atoms with van der Waals surface area (Å²) in [7, 11) is -2.96. The molecule has 4 aromatic rings. The number of rotatable bonds is 16. The van der Waals surface area contributed by atoms with E-state index < -0.39 is 32.0 Å². The molecule has 3 aliphatic rings. The topological polar surface area (TPSA) is 163 Å². The summed E-state index contributed by atoms with van der Waals surface area (Å²) in [5, 5.41) is 30.6. The highest BCUT2D eigenvalue weighted by molar-refractivity contribution is 6.71. The van der Waals surface area contributed by atoms with Crippen LogP contribution < -0.4 is 19.9 Å². The standard InChI is InChI=1S/C42H54N6O7Si/c1-5-54-33-14-16-36-30(23-33)24-35(43-19-9-10-21-49)40(51)48(36)32-13-15-37-34(25-32)42(41(52)47(37)26-29-11-7-6-8-12-29)28(2)39(56(3,4)53)38(55-42)17-20-46-27-31(18-22-50)44-45-46/h6-8,11-16,23,25,27-28,35,38-39,43,49-50,53H,5,9-10,17-22,24,26H2,1-4H3/t28-,35?,38+,39-,42+/m0/s1. The highest BCUT2D eigenvalue weighted by atomic mass is 28.4. The van der Waals surface area contributed by atoms with Crippen molar-refractivity contribution in [2.24, 2.45) is 5.92 Å². The van der Waals surface area contributed by atoms with Crippen molar-refractivity contribution in [3.63, 3.8) is 0 Å². The first kappa shape index (κ1) is 39.8. The molecule has 0 radical (unpaired) electrons. The summed E-state index contributed by atoms with van der Waals surface area (Å²) in [6.07, 6.45) is 4.08. The van der Waals surface area contributed by atoms with E-state index in [1.54, 1.807) is 14.5 Å². The molecule has 5 atom stereocenters. The Kier molecular flexibility index (Phi) is 11.8. The second-order valence-electron chi connectivity index (χ2n) is 15.7. The minimum Gasteiger partial charge on any atom is -0.494 e. The molecule has 4 heterocycles. The fourth-order valence-corrected chi connectivity index (χ4v) is 11.7. The number of nitrogens with one attached hydrogen (secondary N) is 1. The quantitative estimate of drug-likeness (QED) is 0.0934. The Morgan fingerprint density at radius 3 is 2.54 bits per heavy atom. The molecule has 14 heteroatoms. The molecule has 1 unspecified atom stereocenters. The minimum absolute atomic E-state index is 0.0233. The number of aryl methyl sites for hydroxylation is 1. The van der Waals surface area contributed by atoms with Crippen LogP contribution in [-0.2, 0) is 45.9 Å². The highest BCUT2D eigenvalue weighted by Crippen LogP contribution is 2.60. The number of unbranched alkanes of at least 4 members (excludes halogenated alkanes) is 1. The Hall–Kier alpha value is -4.44. The molecule has 56 heavy (non-hydrogen) atoms. The van der Waals surface area contributed by atoms with E-state index in [0.29, 0.717) is 74.6 Å². The van der Waals surface area contributed by atoms with Gasteiger partial charge in [0.05, 0.1) is 42.4 Å². The van der Waals surface area contributed by atoms with Crippen LogP contribution in [0.1, 0.15) is 55.5 Å². The fourth-order valence-electron chi connectivity index (χ4n) is 9.05. The van der Waals surface area contributed by atoms with E-state index in [9.17, 15) is 19.8 Å². The van der Waals surface area contributed by atoms with Gasteiger partial charge in [-0.25, -0.2) is 0 Å². The summed E-state index contributed by atoms with van der Waals surface area (Å²) in [6.45, 7) is 9.72. The van der Waals surface area contributed by atoms with Crippen LogP contribution in [0, 0.1) is 5.92 Å². The molecule has 1 aromatic heterocycles. The first-order chi connectivity index (χ1) is 27.0. The Morgan fingerprint density at radius 2 is 1.80 bits per heavy atom. The van der Waals surface area contributed by atoms with Crippen LogP contribution in [0.5, 0.6) is 5.75 Å². The molecule has 3 aliphatic heterocycles. The van der Waals surface area contributed by atoms with Gasteiger partial charge in [0.2, 0.25) is 5.91 Å². The van der Waals surface area contributed by atoms with Crippen molar-refractivity contribution in [2.45, 2.75) is 95.4 Å². The van der Waals surface area contributed by atoms with Crippen LogP contribution in [-0.4, -0.2) is 88.6 Å². The lowest BCUT2D eigenvalue weighted by Gasteiger charge is -2.36. The predicted octanol–water partition coefficient (Wildman–Crippen LogP) is 4.60. The molecule has 1 fully saturated rings. The molecule has 13 nitrogen and oxygen atoms in total. The van der Waals surface area contributed by atoms with Gasteiger partial charge in [0.15, 0.2) is 13.9 Å². The number of amides is 2. The van der Waals surface area contributed by atoms with E-state index in [0.717, 1.165) is 29.0 Å². The first-order valence-electron chi connectivity index (χ1n) is 19.8. The summed E-state index contributed by atoms with van der Waals surface area (Å²) in [4.78, 5) is 45.2. The Bertz CT molecular complexity index is 2020. The van der Waals surface area contributed by atoms with E-state index in [1.165, 1.54) is 0 Å². The van der Waals surface area contributed by atoms with Crippen molar-refractivity contribution in [3.05, 3.63) is 95.3 Å². The molecule has 298 valence electrons. The number of hydrogen-bond acceptors (Lipinski definition) is 10. The number of nitrogens with zero attached hydrogens (tertiary/aromatic N) is 5. The number of fused-ring (bicyclic) bond motifs is 3. The van der Waals surface area contributed by atoms with Crippen molar-refractivity contribution in [2.75, 3.05) is 36.2 Å². The van der Waals surface area contributed by atoms with Crippen molar-refractivity contribution in [1.82, 2.24) is 20.3 Å². The zero-order valence-corrected chi connectivity index (χ0v) is 33.7. The van der Waals surface area contributed by atoms with Crippen molar-refractivity contribution in [1.29, 1.82) is 0 Å². The average molecular weight is 783 g/mol. The number of aromatic nitrogens is 3. The van der Waals surface area contributed by atoms with E-state index in [2.05, 4.69) is 15.6 Å². The predicted molar refractivity (Wildman–Crippen MR) is 215 cm³/mol. The number of anilines is 3. The number of aliphatic hydroxyl groups excluding tert-OH is 2. The van der Waals surface area contributed by atoms with Crippen molar-refractivity contribution in [3.8, 4) is 5.75 Å². The summed E-state index contributed by atoms with van der Waals surface area (Å²) in [5.41, 5.74) is 3.65. The van der Waals surface area contributed by atoms with E-state index in [1.807, 2.05) is 99.9 Å². The maximum atomic E-state index is 15.2. The van der Waals surface area contributed by atoms with Crippen molar-refractivity contribution < 1.29 is 34.1 Å². The molecule has 3 aromatic carbocycles. The largest absolute Gasteiger partial charge is 0.494 e. The highest BCUT2D eigenvalue weighted by Gasteiger charge is 2.66. The maximum Gasteiger partial charge on any atom is 0.264 e. The fraction of sp³-hybridized carbons (Fsp3) is 0.476. The number of aliphatic hydroxyl groups is 2. The van der Waals surface area contributed by atoms with Gasteiger partial charge in [-0.15, -0.1) is 5.10 Å². The molecular weight excluding hydrogens is 729 g/mol. The Labute approximate surface area is 329 Å². The van der Waals surface area contributed by atoms with Gasteiger partial charge in [0, 0.05) is 55.1 Å². The van der Waals surface area contributed by atoms with Crippen molar-refractivity contribution >= 4 is 37.2 Å². The van der Waals surface area contributed by atoms with Crippen LogP contribution in [0.15, 0.2) is 72.9 Å². The van der Waals surface area contributed by atoms with Gasteiger partial charge in [0.1, 0.15) is 5.75 Å². The molecule has 0 aliphatic carbocycles. The maximum absolute atomic E-state index is 15.2. The molecule has 7 rings (SSSR count). The zero-order valence-electron chi connectivity index (χ0n) is 32.7. The second-order valence-corrected chi connectivity index (χ2v) is 19.7. The third kappa shape index (κ3) is 7.53. The SMILES string of the molecule is CCOc1ccc2c(c1)CC(NCCCCO)C(=O)N2c1ccc2c(c1)[C@@]1(O[C@H](CCn3cc(CCO)nn3)[C@@H]([Si](C)(C)O)[C@@H]1C)C(=O)N2Cc1ccccc1. The van der Waals surface area contributed by atoms with Gasteiger partial charge >= 0.3 is 0 Å². The molecule has 4 N–H and O–H groups in total. The minimum atomic E-state index is -2.96. The van der Waals surface area contributed by atoms with Gasteiger partial charge < -0.3 is 34.7 Å². The number of benzene rings is 3. The summed E-state index contributed by atoms with van der Waals surface area (Å²) < 4.78 is 14.7. The van der Waals surface area contributed by atoms with Gasteiger partial charge in [-0.1, -0.05) is 42.5 Å². The molecule has 1 saturated heterocycles. The number of hydrogen-bond donors (Lipinski definition) is 4. The Balaban J connectivity index is 1.31. The smallest absolute Gasteiger partial charge is 0.264 e. The van der Waals surface area contributed by atoms with Crippen LogP contribution in [0.25, 0.3) is 0 Å². The lowest BCUT2D eigenvalue weighted by atomic mass is 9.82. The van der Waals surface area contributed by atoms with Crippen LogP contribution in [0.3, 0.4) is 0 Å². The lowest BCUT2D eigenvalue weighted by molar-refractivity contribution is -0.146. The van der Waals surface area contributed by atoms with Gasteiger partial charge in [-0.3, -0.25) is 19.2 Å². The van der Waals surface area contributed by atoms with Gasteiger partial charge in [-0.2, -0.15) is 0 Å². The van der Waals surface area contributed by atoms with E-state index >= 15 is 4.79 Å². The van der Waals surface area contributed by atoms with Crippen LogP contribution >= 0.6 is 0 Å². The normalized spacial score (nSPS) is 23.3. The zero-order chi connectivity index (χ0) is 39.6. The summed E-state index contributed by atoms with van der Waals surface area (Å²) in [5.74, 6) is 0.0267. The van der Waals surface area contributed by atoms with Gasteiger partial charge in [-0.05, 0) is 99.8 Å². The number of ether oxygens (including phenoxy) is 2. The monoisotopic (exact) mass is 782 g/mol. The molecule has 1 spiro atoms. The Morgan fingerprint density at radius 1 is 1.02 bits per heavy atom. The third-order valence-corrected chi connectivity index (χ3v) is 14.0. The average Bonchev–Trinajstić information content (AvgIpc) is 3.82. The second kappa shape index (κ2) is 16.6. The van der Waals surface area contributed by atoms with E-state index in [4.69, 9.17) is 9.47 Å². The molecule has 2 amide bonds.